The Morgan fingerprint density at radius 1 is 1.11 bits per heavy atom. The minimum absolute atomic E-state index is 0.0171. The number of halogens is 1. The predicted molar refractivity (Wildman–Crippen MR) is 105 cm³/mol. The fraction of sp³-hybridized carbons (Fsp3) is 0.333. The number of hydrogen-bond donors (Lipinski definition) is 2. The molecule has 3 amide bonds. The minimum Gasteiger partial charge on any atom is -0.497 e. The van der Waals surface area contributed by atoms with Crippen molar-refractivity contribution in [3.63, 3.8) is 0 Å². The molecule has 2 aromatic carbocycles. The van der Waals surface area contributed by atoms with Crippen molar-refractivity contribution in [2.75, 3.05) is 19.0 Å². The lowest BCUT2D eigenvalue weighted by Gasteiger charge is -2.23. The van der Waals surface area contributed by atoms with E-state index in [0.29, 0.717) is 18.0 Å². The van der Waals surface area contributed by atoms with Gasteiger partial charge >= 0.3 is 6.03 Å². The first-order valence-electron chi connectivity index (χ1n) is 9.28. The summed E-state index contributed by atoms with van der Waals surface area (Å²) in [5, 5.41) is 5.41. The summed E-state index contributed by atoms with van der Waals surface area (Å²) >= 11 is 0. The Labute approximate surface area is 163 Å². The van der Waals surface area contributed by atoms with Crippen LogP contribution in [0.15, 0.2) is 48.5 Å². The Morgan fingerprint density at radius 3 is 2.39 bits per heavy atom. The number of carbonyl (C=O) groups excluding carboxylic acids is 2. The number of nitrogens with zero attached hydrogens (tertiary/aromatic N) is 1. The van der Waals surface area contributed by atoms with Crippen LogP contribution in [0.5, 0.6) is 5.75 Å². The van der Waals surface area contributed by atoms with Crippen molar-refractivity contribution in [3.8, 4) is 5.75 Å². The lowest BCUT2D eigenvalue weighted by molar-refractivity contribution is -0.132. The van der Waals surface area contributed by atoms with E-state index in [1.807, 2.05) is 4.90 Å². The monoisotopic (exact) mass is 385 g/mol. The van der Waals surface area contributed by atoms with Crippen LogP contribution in [0, 0.1) is 5.82 Å². The van der Waals surface area contributed by atoms with Crippen molar-refractivity contribution < 1.29 is 18.7 Å². The summed E-state index contributed by atoms with van der Waals surface area (Å²) in [4.78, 5) is 26.4. The second-order valence-electron chi connectivity index (χ2n) is 6.74. The molecule has 28 heavy (non-hydrogen) atoms. The number of rotatable bonds is 8. The predicted octanol–water partition coefficient (Wildman–Crippen LogP) is 3.54. The first-order valence-corrected chi connectivity index (χ1v) is 9.28. The minimum atomic E-state index is -0.366. The quantitative estimate of drug-likeness (QED) is 0.730. The van der Waals surface area contributed by atoms with E-state index in [1.54, 1.807) is 43.5 Å². The van der Waals surface area contributed by atoms with Crippen LogP contribution in [0.1, 0.15) is 24.8 Å². The summed E-state index contributed by atoms with van der Waals surface area (Å²) in [6.45, 7) is 0.704. The molecule has 0 spiro atoms. The number of ether oxygens (including phenoxy) is 1. The Kier molecular flexibility index (Phi) is 6.47. The van der Waals surface area contributed by atoms with Gasteiger partial charge in [0.1, 0.15) is 11.6 Å². The average Bonchev–Trinajstić information content (AvgIpc) is 3.53. The zero-order valence-electron chi connectivity index (χ0n) is 15.8. The third-order valence-electron chi connectivity index (χ3n) is 4.55. The highest BCUT2D eigenvalue weighted by Crippen LogP contribution is 2.29. The Balaban J connectivity index is 1.45. The molecular weight excluding hydrogens is 361 g/mol. The van der Waals surface area contributed by atoms with E-state index in [0.717, 1.165) is 18.4 Å². The van der Waals surface area contributed by atoms with Crippen molar-refractivity contribution in [1.29, 1.82) is 0 Å². The van der Waals surface area contributed by atoms with E-state index < -0.39 is 0 Å². The van der Waals surface area contributed by atoms with Gasteiger partial charge in [0.2, 0.25) is 5.91 Å². The molecule has 1 fully saturated rings. The number of benzene rings is 2. The molecule has 0 radical (unpaired) electrons. The Hall–Kier alpha value is -3.09. The summed E-state index contributed by atoms with van der Waals surface area (Å²) < 4.78 is 18.1. The largest absolute Gasteiger partial charge is 0.497 e. The zero-order chi connectivity index (χ0) is 19.9. The van der Waals surface area contributed by atoms with Gasteiger partial charge in [0.05, 0.1) is 7.11 Å². The van der Waals surface area contributed by atoms with Crippen LogP contribution in [-0.2, 0) is 11.3 Å². The molecule has 0 aliphatic heterocycles. The van der Waals surface area contributed by atoms with E-state index in [-0.39, 0.29) is 36.8 Å². The molecule has 0 atom stereocenters. The third-order valence-corrected chi connectivity index (χ3v) is 4.55. The van der Waals surface area contributed by atoms with E-state index in [9.17, 15) is 14.0 Å². The molecule has 1 saturated carbocycles. The maximum Gasteiger partial charge on any atom is 0.319 e. The van der Waals surface area contributed by atoms with E-state index in [1.165, 1.54) is 12.1 Å². The van der Waals surface area contributed by atoms with Gasteiger partial charge in [-0.3, -0.25) is 4.79 Å². The molecule has 3 rings (SSSR count). The van der Waals surface area contributed by atoms with Gasteiger partial charge in [-0.25, -0.2) is 9.18 Å². The summed E-state index contributed by atoms with van der Waals surface area (Å²) in [6.07, 6.45) is 2.18. The molecule has 0 bridgehead atoms. The number of hydrogen-bond acceptors (Lipinski definition) is 3. The maximum atomic E-state index is 13.1. The number of anilines is 1. The van der Waals surface area contributed by atoms with Crippen molar-refractivity contribution >= 4 is 17.6 Å². The summed E-state index contributed by atoms with van der Waals surface area (Å²) in [5.74, 6) is 0.398. The molecule has 7 heteroatoms. The first-order chi connectivity index (χ1) is 13.5. The van der Waals surface area contributed by atoms with Gasteiger partial charge in [0.25, 0.3) is 0 Å². The zero-order valence-corrected chi connectivity index (χ0v) is 15.8. The normalized spacial score (nSPS) is 12.9. The van der Waals surface area contributed by atoms with Crippen LogP contribution >= 0.6 is 0 Å². The van der Waals surface area contributed by atoms with Gasteiger partial charge in [-0.15, -0.1) is 0 Å². The van der Waals surface area contributed by atoms with Crippen LogP contribution in [0.3, 0.4) is 0 Å². The van der Waals surface area contributed by atoms with Crippen molar-refractivity contribution in [2.45, 2.75) is 31.8 Å². The Bertz CT molecular complexity index is 805. The third kappa shape index (κ3) is 5.70. The van der Waals surface area contributed by atoms with Crippen molar-refractivity contribution in [3.05, 3.63) is 59.9 Å². The van der Waals surface area contributed by atoms with Gasteiger partial charge in [-0.2, -0.15) is 0 Å². The summed E-state index contributed by atoms with van der Waals surface area (Å²) in [5.41, 5.74) is 1.53. The molecule has 148 valence electrons. The van der Waals surface area contributed by atoms with Crippen LogP contribution in [0.4, 0.5) is 14.9 Å². The van der Waals surface area contributed by atoms with Gasteiger partial charge in [0, 0.05) is 31.2 Å². The number of urea groups is 1. The standard InChI is InChI=1S/C21H24FN3O3/c1-28-19-10-6-17(7-11-19)24-21(27)23-13-12-20(26)25(18-8-9-18)14-15-2-4-16(22)5-3-15/h2-7,10-11,18H,8-9,12-14H2,1H3,(H2,23,24,27). The SMILES string of the molecule is COc1ccc(NC(=O)NCCC(=O)N(Cc2ccc(F)cc2)C2CC2)cc1. The second-order valence-corrected chi connectivity index (χ2v) is 6.74. The Morgan fingerprint density at radius 2 is 1.79 bits per heavy atom. The molecule has 1 aliphatic carbocycles. The smallest absolute Gasteiger partial charge is 0.319 e. The molecule has 6 nitrogen and oxygen atoms in total. The second kappa shape index (κ2) is 9.21. The average molecular weight is 385 g/mol. The summed E-state index contributed by atoms with van der Waals surface area (Å²) in [6, 6.07) is 13.0. The molecular formula is C21H24FN3O3. The number of nitrogens with one attached hydrogen (secondary N) is 2. The van der Waals surface area contributed by atoms with Gasteiger partial charge < -0.3 is 20.3 Å². The van der Waals surface area contributed by atoms with E-state index in [4.69, 9.17) is 4.74 Å². The molecule has 2 aromatic rings. The lowest BCUT2D eigenvalue weighted by Crippen LogP contribution is -2.36. The highest BCUT2D eigenvalue weighted by atomic mass is 19.1. The summed E-state index contributed by atoms with van der Waals surface area (Å²) in [7, 11) is 1.58. The van der Waals surface area contributed by atoms with Gasteiger partial charge in [-0.05, 0) is 54.8 Å². The molecule has 0 unspecified atom stereocenters. The van der Waals surface area contributed by atoms with Crippen LogP contribution in [0.25, 0.3) is 0 Å². The van der Waals surface area contributed by atoms with Gasteiger partial charge in [-0.1, -0.05) is 12.1 Å². The maximum absolute atomic E-state index is 13.1. The highest BCUT2D eigenvalue weighted by Gasteiger charge is 2.32. The molecule has 2 N–H and O–H groups in total. The molecule has 0 heterocycles. The fourth-order valence-corrected chi connectivity index (χ4v) is 2.87. The lowest BCUT2D eigenvalue weighted by atomic mass is 10.2. The highest BCUT2D eigenvalue weighted by molar-refractivity contribution is 5.89. The van der Waals surface area contributed by atoms with Crippen molar-refractivity contribution in [2.24, 2.45) is 0 Å². The van der Waals surface area contributed by atoms with E-state index >= 15 is 0 Å². The fourth-order valence-electron chi connectivity index (χ4n) is 2.87. The first kappa shape index (κ1) is 19.7. The van der Waals surface area contributed by atoms with Crippen molar-refractivity contribution in [1.82, 2.24) is 10.2 Å². The van der Waals surface area contributed by atoms with E-state index in [2.05, 4.69) is 10.6 Å². The van der Waals surface area contributed by atoms with Crippen LogP contribution < -0.4 is 15.4 Å². The topological polar surface area (TPSA) is 70.7 Å². The number of carbonyl (C=O) groups is 2. The van der Waals surface area contributed by atoms with Gasteiger partial charge in [0.15, 0.2) is 0 Å². The molecule has 0 saturated heterocycles. The number of amides is 3. The van der Waals surface area contributed by atoms with Crippen LogP contribution in [-0.4, -0.2) is 36.5 Å². The van der Waals surface area contributed by atoms with Crippen LogP contribution in [0.2, 0.25) is 0 Å². The number of methoxy groups -OCH3 is 1. The molecule has 0 aromatic heterocycles. The molecule has 1 aliphatic rings.